The van der Waals surface area contributed by atoms with Crippen molar-refractivity contribution >= 4 is 5.97 Å². The van der Waals surface area contributed by atoms with E-state index in [0.29, 0.717) is 19.4 Å². The van der Waals surface area contributed by atoms with E-state index in [0.717, 1.165) is 44.3 Å². The molecule has 1 heterocycles. The fourth-order valence-electron chi connectivity index (χ4n) is 3.02. The first-order valence-electron chi connectivity index (χ1n) is 11.1. The number of hydrogen-bond acceptors (Lipinski definition) is 3. The molecule has 1 rings (SSSR count). The Kier molecular flexibility index (Phi) is 13.3. The van der Waals surface area contributed by atoms with Crippen LogP contribution in [0.1, 0.15) is 85.3 Å². The Bertz CT molecular complexity index is 726. The van der Waals surface area contributed by atoms with Gasteiger partial charge in [-0.25, -0.2) is 0 Å². The lowest BCUT2D eigenvalue weighted by atomic mass is 10.0. The van der Waals surface area contributed by atoms with Gasteiger partial charge in [-0.15, -0.1) is 0 Å². The van der Waals surface area contributed by atoms with Gasteiger partial charge in [0, 0.05) is 6.42 Å². The average molecular weight is 413 g/mol. The van der Waals surface area contributed by atoms with Crippen LogP contribution in [0.4, 0.5) is 0 Å². The maximum atomic E-state index is 11.7. The molecular weight excluding hydrogens is 372 g/mol. The van der Waals surface area contributed by atoms with Gasteiger partial charge in [-0.2, -0.15) is 0 Å². The van der Waals surface area contributed by atoms with E-state index in [9.17, 15) is 4.79 Å². The van der Waals surface area contributed by atoms with Crippen molar-refractivity contribution in [2.24, 2.45) is 0 Å². The molecule has 0 saturated heterocycles. The Balaban J connectivity index is 2.16. The number of aryl methyl sites for hydroxylation is 1. The maximum Gasteiger partial charge on any atom is 0.306 e. The minimum atomic E-state index is -0.185. The third-order valence-corrected chi connectivity index (χ3v) is 4.99. The number of ether oxygens (including phenoxy) is 1. The van der Waals surface area contributed by atoms with Crippen molar-refractivity contribution in [2.75, 3.05) is 6.61 Å². The van der Waals surface area contributed by atoms with Crippen molar-refractivity contribution in [2.45, 2.75) is 86.0 Å². The Morgan fingerprint density at radius 1 is 0.833 bits per heavy atom. The summed E-state index contributed by atoms with van der Waals surface area (Å²) in [5.74, 6) is 0.630. The van der Waals surface area contributed by atoms with Crippen molar-refractivity contribution in [3.05, 3.63) is 70.8 Å². The van der Waals surface area contributed by atoms with Crippen LogP contribution in [-0.4, -0.2) is 12.6 Å². The van der Waals surface area contributed by atoms with Crippen LogP contribution in [-0.2, 0) is 16.0 Å². The highest BCUT2D eigenvalue weighted by Crippen LogP contribution is 2.13. The summed E-state index contributed by atoms with van der Waals surface area (Å²) in [6.07, 6.45) is 18.1. The molecule has 0 aliphatic rings. The van der Waals surface area contributed by atoms with Gasteiger partial charge < -0.3 is 9.15 Å². The smallest absolute Gasteiger partial charge is 0.306 e. The first-order chi connectivity index (χ1) is 14.4. The molecular formula is C27H40O3. The van der Waals surface area contributed by atoms with E-state index < -0.39 is 0 Å². The van der Waals surface area contributed by atoms with E-state index in [2.05, 4.69) is 52.8 Å². The fraction of sp³-hybridized carbons (Fsp3) is 0.519. The number of furan rings is 1. The molecule has 0 amide bonds. The molecule has 1 aromatic rings. The van der Waals surface area contributed by atoms with Crippen LogP contribution in [0.25, 0.3) is 0 Å². The van der Waals surface area contributed by atoms with Crippen LogP contribution in [0.2, 0.25) is 0 Å². The molecule has 3 nitrogen and oxygen atoms in total. The van der Waals surface area contributed by atoms with Crippen LogP contribution >= 0.6 is 0 Å². The van der Waals surface area contributed by atoms with E-state index in [1.165, 1.54) is 22.3 Å². The first kappa shape index (κ1) is 25.7. The highest BCUT2D eigenvalue weighted by atomic mass is 16.5. The minimum Gasteiger partial charge on any atom is -0.469 e. The Labute approximate surface area is 183 Å². The second-order valence-electron chi connectivity index (χ2n) is 8.31. The van der Waals surface area contributed by atoms with E-state index in [1.807, 2.05) is 18.2 Å². The summed E-state index contributed by atoms with van der Waals surface area (Å²) >= 11 is 0. The molecule has 30 heavy (non-hydrogen) atoms. The molecule has 0 saturated carbocycles. The quantitative estimate of drug-likeness (QED) is 0.230. The van der Waals surface area contributed by atoms with E-state index in [4.69, 9.17) is 9.15 Å². The second kappa shape index (κ2) is 15.5. The zero-order chi connectivity index (χ0) is 22.2. The highest BCUT2D eigenvalue weighted by molar-refractivity contribution is 5.69. The Hall–Kier alpha value is -2.29. The van der Waals surface area contributed by atoms with Crippen LogP contribution in [0.15, 0.2) is 69.4 Å². The molecule has 0 spiro atoms. The van der Waals surface area contributed by atoms with Gasteiger partial charge in [0.1, 0.15) is 12.4 Å². The first-order valence-corrected chi connectivity index (χ1v) is 11.1. The van der Waals surface area contributed by atoms with E-state index in [-0.39, 0.29) is 5.97 Å². The lowest BCUT2D eigenvalue weighted by molar-refractivity contribution is -0.142. The molecule has 0 fully saturated rings. The van der Waals surface area contributed by atoms with E-state index >= 15 is 0 Å². The molecule has 1 aromatic heterocycles. The predicted molar refractivity (Wildman–Crippen MR) is 126 cm³/mol. The average Bonchev–Trinajstić information content (AvgIpc) is 3.19. The Morgan fingerprint density at radius 3 is 1.93 bits per heavy atom. The lowest BCUT2D eigenvalue weighted by Crippen LogP contribution is -2.05. The zero-order valence-corrected chi connectivity index (χ0v) is 19.6. The summed E-state index contributed by atoms with van der Waals surface area (Å²) in [5.41, 5.74) is 5.58. The van der Waals surface area contributed by atoms with Gasteiger partial charge in [0.15, 0.2) is 0 Å². The summed E-state index contributed by atoms with van der Waals surface area (Å²) in [6, 6.07) is 3.70. The van der Waals surface area contributed by atoms with E-state index in [1.54, 1.807) is 6.26 Å². The summed E-state index contributed by atoms with van der Waals surface area (Å²) in [5, 5.41) is 0. The van der Waals surface area contributed by atoms with Gasteiger partial charge in [0.25, 0.3) is 0 Å². The van der Waals surface area contributed by atoms with Crippen molar-refractivity contribution in [3.63, 3.8) is 0 Å². The van der Waals surface area contributed by atoms with Crippen LogP contribution in [0.5, 0.6) is 0 Å². The van der Waals surface area contributed by atoms with Gasteiger partial charge in [-0.3, -0.25) is 4.79 Å². The minimum absolute atomic E-state index is 0.185. The van der Waals surface area contributed by atoms with Crippen molar-refractivity contribution in [1.29, 1.82) is 0 Å². The molecule has 0 aliphatic heterocycles. The second-order valence-corrected chi connectivity index (χ2v) is 8.31. The monoisotopic (exact) mass is 412 g/mol. The predicted octanol–water partition coefficient (Wildman–Crippen LogP) is 7.90. The normalized spacial score (nSPS) is 12.8. The summed E-state index contributed by atoms with van der Waals surface area (Å²) in [4.78, 5) is 11.7. The molecule has 0 atom stereocenters. The molecule has 166 valence electrons. The van der Waals surface area contributed by atoms with Gasteiger partial charge in [-0.05, 0) is 91.4 Å². The Morgan fingerprint density at radius 2 is 1.40 bits per heavy atom. The zero-order valence-electron chi connectivity index (χ0n) is 19.6. The van der Waals surface area contributed by atoms with Crippen LogP contribution < -0.4 is 0 Å². The van der Waals surface area contributed by atoms with Crippen LogP contribution in [0, 0.1) is 0 Å². The standard InChI is InChI=1S/C27H40O3/c1-22(2)10-6-11-23(3)12-7-13-24(4)14-8-15-25(5)19-21-30-27(28)18-17-26-16-9-20-29-26/h9-10,12,14,16,19-20H,6-8,11,13,15,17-18,21H2,1-5H3/b23-12+,24-14+,25-19+. The van der Waals surface area contributed by atoms with Gasteiger partial charge in [0.2, 0.25) is 0 Å². The summed E-state index contributed by atoms with van der Waals surface area (Å²) in [6.45, 7) is 11.2. The van der Waals surface area contributed by atoms with Crippen molar-refractivity contribution in [3.8, 4) is 0 Å². The van der Waals surface area contributed by atoms with Gasteiger partial charge in [0.05, 0.1) is 12.7 Å². The molecule has 0 N–H and O–H groups in total. The highest BCUT2D eigenvalue weighted by Gasteiger charge is 2.04. The number of rotatable bonds is 14. The summed E-state index contributed by atoms with van der Waals surface area (Å²) in [7, 11) is 0. The van der Waals surface area contributed by atoms with Crippen molar-refractivity contribution in [1.82, 2.24) is 0 Å². The number of esters is 1. The number of hydrogen-bond donors (Lipinski definition) is 0. The maximum absolute atomic E-state index is 11.7. The SMILES string of the molecule is CC(C)=CCC/C(C)=C/CC/C(C)=C/CC/C(C)=C/COC(=O)CCc1ccco1. The molecule has 0 radical (unpaired) electrons. The lowest BCUT2D eigenvalue weighted by Gasteiger charge is -2.04. The third-order valence-electron chi connectivity index (χ3n) is 4.99. The molecule has 0 unspecified atom stereocenters. The largest absolute Gasteiger partial charge is 0.469 e. The molecule has 0 aliphatic carbocycles. The third kappa shape index (κ3) is 13.8. The van der Waals surface area contributed by atoms with Gasteiger partial charge in [-0.1, -0.05) is 40.5 Å². The van der Waals surface area contributed by atoms with Crippen molar-refractivity contribution < 1.29 is 13.9 Å². The number of carbonyl (C=O) groups is 1. The number of carbonyl (C=O) groups excluding carboxylic acids is 1. The topological polar surface area (TPSA) is 39.4 Å². The number of allylic oxidation sites excluding steroid dienone is 7. The summed E-state index contributed by atoms with van der Waals surface area (Å²) < 4.78 is 10.5. The fourth-order valence-corrected chi connectivity index (χ4v) is 3.02. The molecule has 3 heteroatoms. The van der Waals surface area contributed by atoms with Crippen LogP contribution in [0.3, 0.4) is 0 Å². The van der Waals surface area contributed by atoms with Gasteiger partial charge >= 0.3 is 5.97 Å². The molecule has 0 bridgehead atoms. The molecule has 0 aromatic carbocycles.